The van der Waals surface area contributed by atoms with E-state index in [1.54, 1.807) is 6.07 Å². The Labute approximate surface area is 127 Å². The first-order valence-corrected chi connectivity index (χ1v) is 8.07. The summed E-state index contributed by atoms with van der Waals surface area (Å²) in [5.74, 6) is -0.0864. The third kappa shape index (κ3) is 3.55. The van der Waals surface area contributed by atoms with Gasteiger partial charge in [-0.25, -0.2) is 4.39 Å². The van der Waals surface area contributed by atoms with E-state index in [1.807, 2.05) is 6.07 Å². The van der Waals surface area contributed by atoms with Gasteiger partial charge in [-0.3, -0.25) is 0 Å². The lowest BCUT2D eigenvalue weighted by molar-refractivity contribution is 0.247. The van der Waals surface area contributed by atoms with E-state index in [2.05, 4.69) is 35.3 Å². The topological polar surface area (TPSA) is 18.5 Å². The van der Waals surface area contributed by atoms with E-state index in [0.717, 1.165) is 17.8 Å². The van der Waals surface area contributed by atoms with Crippen LogP contribution < -0.4 is 10.2 Å². The molecule has 21 heavy (non-hydrogen) atoms. The molecule has 1 aliphatic heterocycles. The molecule has 4 heteroatoms. The molecule has 1 saturated heterocycles. The van der Waals surface area contributed by atoms with Crippen molar-refractivity contribution < 1.29 is 4.39 Å². The second kappa shape index (κ2) is 6.32. The van der Waals surface area contributed by atoms with Crippen LogP contribution in [0.25, 0.3) is 0 Å². The lowest BCUT2D eigenvalue weighted by Crippen LogP contribution is -2.45. The molecule has 1 N–H and O–H groups in total. The summed E-state index contributed by atoms with van der Waals surface area (Å²) in [6.07, 6.45) is 4.86. The number of nitrogens with zero attached hydrogens (tertiary/aromatic N) is 2. The van der Waals surface area contributed by atoms with Crippen LogP contribution in [0, 0.1) is 5.82 Å². The van der Waals surface area contributed by atoms with Gasteiger partial charge in [0.05, 0.1) is 0 Å². The highest BCUT2D eigenvalue weighted by Crippen LogP contribution is 2.28. The van der Waals surface area contributed by atoms with Gasteiger partial charge in [-0.2, -0.15) is 0 Å². The molecule has 1 aromatic rings. The molecule has 2 aliphatic rings. The quantitative estimate of drug-likeness (QED) is 0.899. The number of piperidine rings is 1. The Morgan fingerprint density at radius 1 is 1.33 bits per heavy atom. The van der Waals surface area contributed by atoms with E-state index in [-0.39, 0.29) is 5.82 Å². The highest BCUT2D eigenvalue weighted by atomic mass is 19.1. The predicted octanol–water partition coefficient (Wildman–Crippen LogP) is 2.61. The first-order valence-electron chi connectivity index (χ1n) is 8.07. The lowest BCUT2D eigenvalue weighted by atomic mass is 10.0. The van der Waals surface area contributed by atoms with Crippen molar-refractivity contribution in [3.05, 3.63) is 29.6 Å². The zero-order valence-corrected chi connectivity index (χ0v) is 13.1. The normalized spacial score (nSPS) is 23.3. The van der Waals surface area contributed by atoms with Crippen LogP contribution in [0.5, 0.6) is 0 Å². The van der Waals surface area contributed by atoms with Gasteiger partial charge in [0.1, 0.15) is 5.82 Å². The van der Waals surface area contributed by atoms with Gasteiger partial charge in [0.15, 0.2) is 0 Å². The van der Waals surface area contributed by atoms with Crippen LogP contribution in [0.3, 0.4) is 0 Å². The van der Waals surface area contributed by atoms with Crippen molar-refractivity contribution in [3.63, 3.8) is 0 Å². The second-order valence-electron chi connectivity index (χ2n) is 6.56. The summed E-state index contributed by atoms with van der Waals surface area (Å²) in [7, 11) is 4.28. The Hall–Kier alpha value is -1.13. The first kappa shape index (κ1) is 14.8. The van der Waals surface area contributed by atoms with Crippen LogP contribution in [0.4, 0.5) is 10.1 Å². The lowest BCUT2D eigenvalue weighted by Gasteiger charge is -2.38. The van der Waals surface area contributed by atoms with Crippen LogP contribution >= 0.6 is 0 Å². The fourth-order valence-electron chi connectivity index (χ4n) is 3.24. The van der Waals surface area contributed by atoms with Crippen LogP contribution in [-0.4, -0.2) is 44.2 Å². The number of benzene rings is 1. The van der Waals surface area contributed by atoms with Gasteiger partial charge >= 0.3 is 0 Å². The largest absolute Gasteiger partial charge is 0.370 e. The molecular weight excluding hydrogens is 265 g/mol. The summed E-state index contributed by atoms with van der Waals surface area (Å²) >= 11 is 0. The standard InChI is InChI=1S/C17H26FN3/c1-20-10-4-5-14(12-20)21(2)17-7-3-6-16(18)15(17)11-19-13-8-9-13/h3,6-7,13-14,19H,4-5,8-12H2,1-2H3. The van der Waals surface area contributed by atoms with Gasteiger partial charge in [0.2, 0.25) is 0 Å². The number of likely N-dealkylation sites (tertiary alicyclic amines) is 1. The molecule has 1 unspecified atom stereocenters. The van der Waals surface area contributed by atoms with Crippen molar-refractivity contribution in [1.82, 2.24) is 10.2 Å². The average molecular weight is 291 g/mol. The highest BCUT2D eigenvalue weighted by molar-refractivity contribution is 5.54. The Morgan fingerprint density at radius 3 is 2.86 bits per heavy atom. The molecule has 0 bridgehead atoms. The fraction of sp³-hybridized carbons (Fsp3) is 0.647. The molecule has 0 spiro atoms. The molecule has 0 amide bonds. The smallest absolute Gasteiger partial charge is 0.129 e. The fourth-order valence-corrected chi connectivity index (χ4v) is 3.24. The predicted molar refractivity (Wildman–Crippen MR) is 85.2 cm³/mol. The van der Waals surface area contributed by atoms with E-state index in [9.17, 15) is 4.39 Å². The molecule has 2 fully saturated rings. The molecule has 3 rings (SSSR count). The highest BCUT2D eigenvalue weighted by Gasteiger charge is 2.25. The van der Waals surface area contributed by atoms with Gasteiger partial charge in [0, 0.05) is 43.5 Å². The molecule has 1 aromatic carbocycles. The van der Waals surface area contributed by atoms with Crippen LogP contribution in [-0.2, 0) is 6.54 Å². The summed E-state index contributed by atoms with van der Waals surface area (Å²) < 4.78 is 14.2. The van der Waals surface area contributed by atoms with Gasteiger partial charge in [0.25, 0.3) is 0 Å². The average Bonchev–Trinajstić information content (AvgIpc) is 3.29. The molecule has 1 atom stereocenters. The Kier molecular flexibility index (Phi) is 4.45. The number of anilines is 1. The first-order chi connectivity index (χ1) is 10.1. The van der Waals surface area contributed by atoms with E-state index < -0.39 is 0 Å². The van der Waals surface area contributed by atoms with E-state index in [0.29, 0.717) is 18.6 Å². The molecule has 0 radical (unpaired) electrons. The number of halogens is 1. The van der Waals surface area contributed by atoms with E-state index >= 15 is 0 Å². The molecule has 1 heterocycles. The number of hydrogen-bond donors (Lipinski definition) is 1. The molecule has 0 aromatic heterocycles. The maximum atomic E-state index is 14.2. The maximum Gasteiger partial charge on any atom is 0.129 e. The van der Waals surface area contributed by atoms with Crippen molar-refractivity contribution >= 4 is 5.69 Å². The Bertz CT molecular complexity index is 487. The van der Waals surface area contributed by atoms with E-state index in [1.165, 1.54) is 32.2 Å². The van der Waals surface area contributed by atoms with Crippen molar-refractivity contribution in [2.45, 2.75) is 44.3 Å². The van der Waals surface area contributed by atoms with E-state index in [4.69, 9.17) is 0 Å². The third-order valence-corrected chi connectivity index (χ3v) is 4.77. The number of rotatable bonds is 5. The van der Waals surface area contributed by atoms with Gasteiger partial charge in [-0.05, 0) is 51.4 Å². The molecular formula is C17H26FN3. The zero-order chi connectivity index (χ0) is 14.8. The van der Waals surface area contributed by atoms with Gasteiger partial charge < -0.3 is 15.1 Å². The van der Waals surface area contributed by atoms with Gasteiger partial charge in [-0.15, -0.1) is 0 Å². The molecule has 1 aliphatic carbocycles. The number of nitrogens with one attached hydrogen (secondary N) is 1. The monoisotopic (exact) mass is 291 g/mol. The zero-order valence-electron chi connectivity index (χ0n) is 13.1. The molecule has 3 nitrogen and oxygen atoms in total. The van der Waals surface area contributed by atoms with Crippen LogP contribution in [0.2, 0.25) is 0 Å². The number of likely N-dealkylation sites (N-methyl/N-ethyl adjacent to an activating group) is 2. The minimum absolute atomic E-state index is 0.0864. The molecule has 116 valence electrons. The second-order valence-corrected chi connectivity index (χ2v) is 6.56. The minimum atomic E-state index is -0.0864. The summed E-state index contributed by atoms with van der Waals surface area (Å²) in [4.78, 5) is 4.65. The van der Waals surface area contributed by atoms with Gasteiger partial charge in [-0.1, -0.05) is 6.07 Å². The van der Waals surface area contributed by atoms with Crippen molar-refractivity contribution in [3.8, 4) is 0 Å². The van der Waals surface area contributed by atoms with Crippen molar-refractivity contribution in [1.29, 1.82) is 0 Å². The molecule has 1 saturated carbocycles. The van der Waals surface area contributed by atoms with Crippen molar-refractivity contribution in [2.24, 2.45) is 0 Å². The third-order valence-electron chi connectivity index (χ3n) is 4.77. The van der Waals surface area contributed by atoms with Crippen LogP contribution in [0.15, 0.2) is 18.2 Å². The van der Waals surface area contributed by atoms with Crippen LogP contribution in [0.1, 0.15) is 31.2 Å². The minimum Gasteiger partial charge on any atom is -0.370 e. The van der Waals surface area contributed by atoms with Crippen molar-refractivity contribution in [2.75, 3.05) is 32.1 Å². The summed E-state index contributed by atoms with van der Waals surface area (Å²) in [6, 6.07) is 6.54. The summed E-state index contributed by atoms with van der Waals surface area (Å²) in [5.41, 5.74) is 1.86. The summed E-state index contributed by atoms with van der Waals surface area (Å²) in [6.45, 7) is 2.87. The Morgan fingerprint density at radius 2 is 2.14 bits per heavy atom. The SMILES string of the molecule is CN1CCCC(N(C)c2cccc(F)c2CNC2CC2)C1. The summed E-state index contributed by atoms with van der Waals surface area (Å²) in [5, 5.41) is 3.44. The maximum absolute atomic E-state index is 14.2. The number of hydrogen-bond acceptors (Lipinski definition) is 3. The Balaban J connectivity index is 1.77.